The maximum absolute atomic E-state index is 11.2. The number of aldehydes is 1. The Morgan fingerprint density at radius 3 is 2.62 bits per heavy atom. The van der Waals surface area contributed by atoms with Gasteiger partial charge < -0.3 is 4.74 Å². The van der Waals surface area contributed by atoms with Crippen molar-refractivity contribution in [3.8, 4) is 16.9 Å². The first kappa shape index (κ1) is 5.85. The summed E-state index contributed by atoms with van der Waals surface area (Å²) in [5.41, 5.74) is 0.470. The molecule has 0 unspecified atom stereocenters. The maximum atomic E-state index is 11.2. The summed E-state index contributed by atoms with van der Waals surface area (Å²) in [6.45, 7) is 0. The van der Waals surface area contributed by atoms with Crippen LogP contribution in [0.1, 0.15) is 17.2 Å². The van der Waals surface area contributed by atoms with E-state index < -0.39 is 18.1 Å². The van der Waals surface area contributed by atoms with Crippen molar-refractivity contribution < 1.29 is 16.4 Å². The molecule has 2 aromatic rings. The fourth-order valence-electron chi connectivity index (χ4n) is 1.37. The van der Waals surface area contributed by atoms with Crippen molar-refractivity contribution in [2.24, 2.45) is 0 Å². The zero-order valence-electron chi connectivity index (χ0n) is 13.6. The third-order valence-corrected chi connectivity index (χ3v) is 2.16. The van der Waals surface area contributed by atoms with Gasteiger partial charge in [-0.15, -0.1) is 0 Å². The molecule has 0 N–H and O–H groups in total. The van der Waals surface area contributed by atoms with Crippen LogP contribution in [0.25, 0.3) is 11.1 Å². The number of carbonyl (C=O) groups excluding carboxylic acids is 1. The average Bonchev–Trinajstić information content (AvgIpc) is 2.51. The molecule has 0 bridgehead atoms. The SMILES string of the molecule is [2H]c1c([2H])c([2H])c(-c2cc(OC)ccc2C=O)c([2H])c1[2H]. The number of benzene rings is 2. The summed E-state index contributed by atoms with van der Waals surface area (Å²) in [6.07, 6.45) is 0.579. The molecule has 0 aliphatic carbocycles. The van der Waals surface area contributed by atoms with E-state index in [0.717, 1.165) is 0 Å². The zero-order valence-corrected chi connectivity index (χ0v) is 8.63. The summed E-state index contributed by atoms with van der Waals surface area (Å²) in [7, 11) is 1.45. The first-order valence-electron chi connectivity index (χ1n) is 7.12. The predicted octanol–water partition coefficient (Wildman–Crippen LogP) is 3.17. The Morgan fingerprint density at radius 1 is 1.25 bits per heavy atom. The van der Waals surface area contributed by atoms with E-state index >= 15 is 0 Å². The molecule has 0 heterocycles. The number of methoxy groups -OCH3 is 1. The van der Waals surface area contributed by atoms with Gasteiger partial charge in [0.15, 0.2) is 6.29 Å². The highest BCUT2D eigenvalue weighted by Gasteiger charge is 2.05. The smallest absolute Gasteiger partial charge is 0.150 e. The number of carbonyl (C=O) groups is 1. The van der Waals surface area contributed by atoms with Crippen LogP contribution in [0.15, 0.2) is 48.4 Å². The lowest BCUT2D eigenvalue weighted by Crippen LogP contribution is -1.90. The lowest BCUT2D eigenvalue weighted by Gasteiger charge is -2.07. The molecule has 0 aromatic heterocycles. The minimum Gasteiger partial charge on any atom is -0.497 e. The Bertz CT molecular complexity index is 699. The van der Waals surface area contributed by atoms with Crippen LogP contribution in [0, 0.1) is 0 Å². The van der Waals surface area contributed by atoms with Gasteiger partial charge >= 0.3 is 0 Å². The highest BCUT2D eigenvalue weighted by molar-refractivity contribution is 5.88. The van der Waals surface area contributed by atoms with Gasteiger partial charge in [0.1, 0.15) is 5.75 Å². The molecule has 0 spiro atoms. The first-order valence-corrected chi connectivity index (χ1v) is 4.62. The number of hydrogen-bond donors (Lipinski definition) is 0. The summed E-state index contributed by atoms with van der Waals surface area (Å²) >= 11 is 0. The minimum atomic E-state index is -0.468. The monoisotopic (exact) mass is 217 g/mol. The van der Waals surface area contributed by atoms with Crippen molar-refractivity contribution in [1.82, 2.24) is 0 Å². The number of ether oxygens (including phenoxy) is 1. The molecular weight excluding hydrogens is 200 g/mol. The van der Waals surface area contributed by atoms with Crippen LogP contribution in [0.4, 0.5) is 0 Å². The fraction of sp³-hybridized carbons (Fsp3) is 0.0714. The highest BCUT2D eigenvalue weighted by Crippen LogP contribution is 2.26. The van der Waals surface area contributed by atoms with Crippen LogP contribution in [-0.4, -0.2) is 13.4 Å². The van der Waals surface area contributed by atoms with Crippen molar-refractivity contribution in [2.75, 3.05) is 7.11 Å². The van der Waals surface area contributed by atoms with E-state index in [0.29, 0.717) is 12.0 Å². The topological polar surface area (TPSA) is 26.3 Å². The minimum absolute atomic E-state index is 0.0120. The van der Waals surface area contributed by atoms with Crippen LogP contribution < -0.4 is 4.74 Å². The van der Waals surface area contributed by atoms with E-state index in [1.165, 1.54) is 19.2 Å². The molecule has 16 heavy (non-hydrogen) atoms. The van der Waals surface area contributed by atoms with Crippen LogP contribution >= 0.6 is 0 Å². The van der Waals surface area contributed by atoms with Gasteiger partial charge in [0.05, 0.1) is 14.0 Å². The van der Waals surface area contributed by atoms with Crippen LogP contribution in [0.3, 0.4) is 0 Å². The summed E-state index contributed by atoms with van der Waals surface area (Å²) in [5, 5.41) is 0. The van der Waals surface area contributed by atoms with Crippen LogP contribution in [0.5, 0.6) is 5.75 Å². The first-order chi connectivity index (χ1) is 9.92. The molecule has 0 aliphatic rings. The number of rotatable bonds is 3. The summed E-state index contributed by atoms with van der Waals surface area (Å²) in [4.78, 5) is 11.2. The van der Waals surface area contributed by atoms with E-state index in [-0.39, 0.29) is 28.8 Å². The molecule has 0 radical (unpaired) electrons. The van der Waals surface area contributed by atoms with Crippen LogP contribution in [-0.2, 0) is 0 Å². The molecule has 2 heteroatoms. The van der Waals surface area contributed by atoms with E-state index in [4.69, 9.17) is 11.6 Å². The Kier molecular flexibility index (Phi) is 1.69. The number of hydrogen-bond acceptors (Lipinski definition) is 2. The van der Waals surface area contributed by atoms with Crippen LogP contribution in [0.2, 0.25) is 0 Å². The van der Waals surface area contributed by atoms with Gasteiger partial charge in [-0.05, 0) is 29.3 Å². The van der Waals surface area contributed by atoms with Crippen molar-refractivity contribution in [2.45, 2.75) is 0 Å². The molecule has 0 atom stereocenters. The predicted molar refractivity (Wildman–Crippen MR) is 63.8 cm³/mol. The molecular formula is C14H12O2. The molecule has 0 amide bonds. The zero-order chi connectivity index (χ0) is 15.7. The molecule has 2 aromatic carbocycles. The molecule has 2 nitrogen and oxygen atoms in total. The van der Waals surface area contributed by atoms with Gasteiger partial charge in [-0.3, -0.25) is 4.79 Å². The highest BCUT2D eigenvalue weighted by atomic mass is 16.5. The fourth-order valence-corrected chi connectivity index (χ4v) is 1.37. The van der Waals surface area contributed by atoms with Crippen molar-refractivity contribution in [1.29, 1.82) is 0 Å². The normalized spacial score (nSPS) is 14.2. The summed E-state index contributed by atoms with van der Waals surface area (Å²) < 4.78 is 43.9. The molecule has 0 saturated heterocycles. The van der Waals surface area contributed by atoms with Gasteiger partial charge in [0.2, 0.25) is 0 Å². The van der Waals surface area contributed by atoms with Gasteiger partial charge in [-0.2, -0.15) is 0 Å². The van der Waals surface area contributed by atoms with Crippen molar-refractivity contribution in [3.05, 3.63) is 54.0 Å². The van der Waals surface area contributed by atoms with Gasteiger partial charge in [0.25, 0.3) is 0 Å². The molecule has 80 valence electrons. The van der Waals surface area contributed by atoms with E-state index in [2.05, 4.69) is 0 Å². The van der Waals surface area contributed by atoms with Crippen molar-refractivity contribution >= 4 is 6.29 Å². The van der Waals surface area contributed by atoms with Crippen molar-refractivity contribution in [3.63, 3.8) is 0 Å². The summed E-state index contributed by atoms with van der Waals surface area (Å²) in [6, 6.07) is 2.50. The summed E-state index contributed by atoms with van der Waals surface area (Å²) in [5.74, 6) is 0.433. The Morgan fingerprint density at radius 2 is 2.00 bits per heavy atom. The van der Waals surface area contributed by atoms with E-state index in [9.17, 15) is 4.79 Å². The quantitative estimate of drug-likeness (QED) is 0.738. The van der Waals surface area contributed by atoms with Gasteiger partial charge in [0, 0.05) is 5.56 Å². The lowest BCUT2D eigenvalue weighted by molar-refractivity contribution is 0.112. The Hall–Kier alpha value is -2.09. The largest absolute Gasteiger partial charge is 0.497 e. The van der Waals surface area contributed by atoms with Gasteiger partial charge in [-0.25, -0.2) is 0 Å². The molecule has 2 rings (SSSR count). The molecule has 0 aliphatic heterocycles. The maximum Gasteiger partial charge on any atom is 0.150 e. The molecule has 0 fully saturated rings. The third kappa shape index (κ3) is 1.96. The van der Waals surface area contributed by atoms with Gasteiger partial charge in [-0.1, -0.05) is 30.2 Å². The average molecular weight is 217 g/mol. The van der Waals surface area contributed by atoms with E-state index in [1.54, 1.807) is 6.07 Å². The lowest BCUT2D eigenvalue weighted by atomic mass is 10.0. The second kappa shape index (κ2) is 4.62. The third-order valence-electron chi connectivity index (χ3n) is 2.16. The second-order valence-electron chi connectivity index (χ2n) is 3.07. The molecule has 0 saturated carbocycles. The Balaban J connectivity index is 2.87. The Labute approximate surface area is 102 Å². The second-order valence-corrected chi connectivity index (χ2v) is 3.07. The van der Waals surface area contributed by atoms with E-state index in [1.807, 2.05) is 0 Å². The standard InChI is InChI=1S/C14H12O2/c1-16-13-8-7-12(10-15)14(9-13)11-5-3-2-4-6-11/h2-10H,1H3/i2D,3D,4D,5D,6D.